The van der Waals surface area contributed by atoms with Crippen molar-refractivity contribution in [2.24, 2.45) is 0 Å². The van der Waals surface area contributed by atoms with Crippen LogP contribution in [-0.4, -0.2) is 18.5 Å². The Hall–Kier alpha value is -1.56. The molecule has 7 heteroatoms. The molecule has 0 saturated heterocycles. The summed E-state index contributed by atoms with van der Waals surface area (Å²) in [6.45, 7) is 2.07. The molecule has 1 amide bonds. The van der Waals surface area contributed by atoms with E-state index in [4.69, 9.17) is 27.9 Å². The van der Waals surface area contributed by atoms with Crippen LogP contribution in [0.2, 0.25) is 10.0 Å². The van der Waals surface area contributed by atoms with Crippen LogP contribution in [0.25, 0.3) is 0 Å². The summed E-state index contributed by atoms with van der Waals surface area (Å²) in [7, 11) is 0. The number of carbonyl (C=O) groups is 2. The quantitative estimate of drug-likeness (QED) is 0.514. The minimum absolute atomic E-state index is 0.292. The highest BCUT2D eigenvalue weighted by Gasteiger charge is 2.26. The lowest BCUT2D eigenvalue weighted by Crippen LogP contribution is -2.15. The van der Waals surface area contributed by atoms with Crippen LogP contribution in [0.1, 0.15) is 57.3 Å². The Bertz CT molecular complexity index is 827. The zero-order valence-electron chi connectivity index (χ0n) is 14.4. The van der Waals surface area contributed by atoms with E-state index in [0.717, 1.165) is 42.5 Å². The molecule has 1 aromatic carbocycles. The van der Waals surface area contributed by atoms with E-state index in [0.29, 0.717) is 32.8 Å². The van der Waals surface area contributed by atoms with Crippen LogP contribution in [0.4, 0.5) is 5.00 Å². The number of halogens is 2. The Labute approximate surface area is 166 Å². The maximum absolute atomic E-state index is 12.7. The number of thiophene rings is 1. The third-order valence-corrected chi connectivity index (χ3v) is 5.90. The van der Waals surface area contributed by atoms with Crippen molar-refractivity contribution in [1.29, 1.82) is 0 Å². The molecule has 0 aliphatic heterocycles. The van der Waals surface area contributed by atoms with Crippen molar-refractivity contribution in [3.63, 3.8) is 0 Å². The molecule has 2 aromatic rings. The molecule has 4 nitrogen and oxygen atoms in total. The molecule has 1 aromatic heterocycles. The molecule has 0 unspecified atom stereocenters. The minimum atomic E-state index is -0.383. The second kappa shape index (κ2) is 8.42. The SMILES string of the molecule is CCOC(=O)c1c(NC(=O)c2cc(Cl)cc(Cl)c2)sc2c1CCCCC2. The highest BCUT2D eigenvalue weighted by Crippen LogP contribution is 2.38. The summed E-state index contributed by atoms with van der Waals surface area (Å²) in [4.78, 5) is 26.3. The van der Waals surface area contributed by atoms with E-state index in [1.165, 1.54) is 11.3 Å². The summed E-state index contributed by atoms with van der Waals surface area (Å²) < 4.78 is 5.23. The number of rotatable bonds is 4. The first-order chi connectivity index (χ1) is 12.5. The van der Waals surface area contributed by atoms with Gasteiger partial charge in [-0.25, -0.2) is 4.79 Å². The number of benzene rings is 1. The molecule has 0 fully saturated rings. The van der Waals surface area contributed by atoms with Crippen LogP contribution in [0.5, 0.6) is 0 Å². The van der Waals surface area contributed by atoms with Gasteiger partial charge in [0.2, 0.25) is 0 Å². The Morgan fingerprint density at radius 1 is 1.12 bits per heavy atom. The predicted octanol–water partition coefficient (Wildman–Crippen LogP) is 5.75. The monoisotopic (exact) mass is 411 g/mol. The fourth-order valence-electron chi connectivity index (χ4n) is 3.11. The zero-order valence-corrected chi connectivity index (χ0v) is 16.7. The smallest absolute Gasteiger partial charge is 0.341 e. The Morgan fingerprint density at radius 2 is 1.81 bits per heavy atom. The Balaban J connectivity index is 1.95. The lowest BCUT2D eigenvalue weighted by atomic mass is 10.1. The van der Waals surface area contributed by atoms with Crippen LogP contribution < -0.4 is 5.32 Å². The number of carbonyl (C=O) groups excluding carboxylic acids is 2. The van der Waals surface area contributed by atoms with Crippen LogP contribution in [0.15, 0.2) is 18.2 Å². The number of anilines is 1. The third-order valence-electron chi connectivity index (χ3n) is 4.25. The fourth-order valence-corrected chi connectivity index (χ4v) is 4.91. The van der Waals surface area contributed by atoms with Crippen molar-refractivity contribution < 1.29 is 14.3 Å². The van der Waals surface area contributed by atoms with Crippen molar-refractivity contribution in [2.45, 2.75) is 39.0 Å². The molecule has 1 aliphatic carbocycles. The Morgan fingerprint density at radius 3 is 2.50 bits per heavy atom. The molecule has 0 radical (unpaired) electrons. The zero-order chi connectivity index (χ0) is 18.7. The fraction of sp³-hybridized carbons (Fsp3) is 0.368. The van der Waals surface area contributed by atoms with E-state index in [2.05, 4.69) is 5.32 Å². The van der Waals surface area contributed by atoms with Gasteiger partial charge in [-0.05, 0) is 56.4 Å². The largest absolute Gasteiger partial charge is 0.462 e. The van der Waals surface area contributed by atoms with Crippen molar-refractivity contribution in [1.82, 2.24) is 0 Å². The molecule has 1 N–H and O–H groups in total. The van der Waals surface area contributed by atoms with E-state index >= 15 is 0 Å². The van der Waals surface area contributed by atoms with Gasteiger partial charge in [0, 0.05) is 20.5 Å². The molecule has 0 saturated carbocycles. The van der Waals surface area contributed by atoms with E-state index in [-0.39, 0.29) is 11.9 Å². The number of fused-ring (bicyclic) bond motifs is 1. The summed E-state index contributed by atoms with van der Waals surface area (Å²) in [5, 5.41) is 4.17. The molecule has 0 spiro atoms. The maximum atomic E-state index is 12.7. The van der Waals surface area contributed by atoms with E-state index in [1.54, 1.807) is 25.1 Å². The van der Waals surface area contributed by atoms with Gasteiger partial charge in [-0.2, -0.15) is 0 Å². The first-order valence-electron chi connectivity index (χ1n) is 8.58. The van der Waals surface area contributed by atoms with E-state index < -0.39 is 0 Å². The molecule has 26 heavy (non-hydrogen) atoms. The summed E-state index contributed by atoms with van der Waals surface area (Å²) in [6, 6.07) is 4.66. The number of amides is 1. The summed E-state index contributed by atoms with van der Waals surface area (Å²) in [5.41, 5.74) is 1.86. The van der Waals surface area contributed by atoms with Crippen molar-refractivity contribution in [3.05, 3.63) is 49.8 Å². The summed E-state index contributed by atoms with van der Waals surface area (Å²) in [5.74, 6) is -0.734. The predicted molar refractivity (Wildman–Crippen MR) is 106 cm³/mol. The van der Waals surface area contributed by atoms with E-state index in [1.807, 2.05) is 0 Å². The average Bonchev–Trinajstić information content (AvgIpc) is 2.75. The topological polar surface area (TPSA) is 55.4 Å². The number of ether oxygens (including phenoxy) is 1. The van der Waals surface area contributed by atoms with Gasteiger partial charge in [0.05, 0.1) is 12.2 Å². The van der Waals surface area contributed by atoms with Crippen LogP contribution in [0, 0.1) is 0 Å². The van der Waals surface area contributed by atoms with Crippen LogP contribution >= 0.6 is 34.5 Å². The van der Waals surface area contributed by atoms with Gasteiger partial charge in [0.1, 0.15) is 5.00 Å². The number of nitrogens with one attached hydrogen (secondary N) is 1. The van der Waals surface area contributed by atoms with Gasteiger partial charge in [-0.15, -0.1) is 11.3 Å². The van der Waals surface area contributed by atoms with E-state index in [9.17, 15) is 9.59 Å². The third kappa shape index (κ3) is 4.22. The van der Waals surface area contributed by atoms with Gasteiger partial charge < -0.3 is 10.1 Å². The minimum Gasteiger partial charge on any atom is -0.462 e. The van der Waals surface area contributed by atoms with Crippen molar-refractivity contribution in [3.8, 4) is 0 Å². The maximum Gasteiger partial charge on any atom is 0.341 e. The number of aryl methyl sites for hydroxylation is 1. The lowest BCUT2D eigenvalue weighted by molar-refractivity contribution is 0.0527. The molecule has 3 rings (SSSR count). The average molecular weight is 412 g/mol. The second-order valence-electron chi connectivity index (χ2n) is 6.10. The highest BCUT2D eigenvalue weighted by atomic mass is 35.5. The first-order valence-corrected chi connectivity index (χ1v) is 10.2. The molecule has 1 heterocycles. The van der Waals surface area contributed by atoms with Crippen molar-refractivity contribution in [2.75, 3.05) is 11.9 Å². The molecule has 0 atom stereocenters. The second-order valence-corrected chi connectivity index (χ2v) is 8.08. The van der Waals surface area contributed by atoms with Crippen LogP contribution in [-0.2, 0) is 17.6 Å². The number of hydrogen-bond acceptors (Lipinski definition) is 4. The first kappa shape index (κ1) is 19.2. The van der Waals surface area contributed by atoms with Crippen molar-refractivity contribution >= 4 is 51.4 Å². The lowest BCUT2D eigenvalue weighted by Gasteiger charge is -2.09. The standard InChI is InChI=1S/C19H19Cl2NO3S/c1-2-25-19(24)16-14-6-4-3-5-7-15(14)26-18(16)22-17(23)11-8-12(20)10-13(21)9-11/h8-10H,2-7H2,1H3,(H,22,23). The normalized spacial score (nSPS) is 13.7. The molecular formula is C19H19Cl2NO3S. The number of hydrogen-bond donors (Lipinski definition) is 1. The molecule has 0 bridgehead atoms. The number of esters is 1. The Kier molecular flexibility index (Phi) is 6.22. The van der Waals surface area contributed by atoms with Crippen LogP contribution in [0.3, 0.4) is 0 Å². The molecular weight excluding hydrogens is 393 g/mol. The molecule has 1 aliphatic rings. The highest BCUT2D eigenvalue weighted by molar-refractivity contribution is 7.17. The van der Waals surface area contributed by atoms with Gasteiger partial charge in [0.25, 0.3) is 5.91 Å². The summed E-state index contributed by atoms with van der Waals surface area (Å²) in [6.07, 6.45) is 5.02. The van der Waals surface area contributed by atoms with Gasteiger partial charge in [0.15, 0.2) is 0 Å². The van der Waals surface area contributed by atoms with Gasteiger partial charge in [-0.1, -0.05) is 29.6 Å². The summed E-state index contributed by atoms with van der Waals surface area (Å²) >= 11 is 13.4. The van der Waals surface area contributed by atoms with Gasteiger partial charge in [-0.3, -0.25) is 4.79 Å². The molecule has 138 valence electrons. The van der Waals surface area contributed by atoms with Gasteiger partial charge >= 0.3 is 5.97 Å².